The number of nitrogens with zero attached hydrogens (tertiary/aromatic N) is 2. The summed E-state index contributed by atoms with van der Waals surface area (Å²) in [6.45, 7) is 4.44. The van der Waals surface area contributed by atoms with Crippen molar-refractivity contribution in [3.63, 3.8) is 0 Å². The highest BCUT2D eigenvalue weighted by atomic mass is 16.5. The summed E-state index contributed by atoms with van der Waals surface area (Å²) in [7, 11) is 0. The van der Waals surface area contributed by atoms with E-state index < -0.39 is 0 Å². The summed E-state index contributed by atoms with van der Waals surface area (Å²) in [5.41, 5.74) is 0.913. The van der Waals surface area contributed by atoms with Crippen LogP contribution in [0.1, 0.15) is 63.4 Å². The molecule has 1 aromatic carbocycles. The van der Waals surface area contributed by atoms with Gasteiger partial charge < -0.3 is 9.64 Å². The molecule has 0 N–H and O–H groups in total. The Morgan fingerprint density at radius 2 is 1.62 bits per heavy atom. The second-order valence-corrected chi connectivity index (χ2v) is 7.38. The predicted octanol–water partition coefficient (Wildman–Crippen LogP) is 4.67. The minimum absolute atomic E-state index is 0.259. The minimum Gasteiger partial charge on any atom is -0.494 e. The van der Waals surface area contributed by atoms with Crippen molar-refractivity contribution in [1.29, 1.82) is 5.26 Å². The van der Waals surface area contributed by atoms with Crippen molar-refractivity contribution in [2.75, 3.05) is 26.2 Å². The molecule has 1 aliphatic carbocycles. The number of hydrogen-bond donors (Lipinski definition) is 0. The fraction of sp³-hybridized carbons (Fsp3) is 0.667. The maximum atomic E-state index is 9.68. The molecule has 0 radical (unpaired) electrons. The van der Waals surface area contributed by atoms with Gasteiger partial charge in [0.2, 0.25) is 0 Å². The van der Waals surface area contributed by atoms with Crippen LogP contribution in [0.25, 0.3) is 0 Å². The van der Waals surface area contributed by atoms with Gasteiger partial charge in [-0.05, 0) is 62.9 Å². The molecule has 1 aliphatic heterocycles. The third-order valence-corrected chi connectivity index (χ3v) is 5.66. The average molecular weight is 326 g/mol. The minimum atomic E-state index is -0.259. The summed E-state index contributed by atoms with van der Waals surface area (Å²) in [5, 5.41) is 9.68. The third-order valence-electron chi connectivity index (χ3n) is 5.66. The lowest BCUT2D eigenvalue weighted by molar-refractivity contribution is 0.205. The smallest absolute Gasteiger partial charge is 0.119 e. The Morgan fingerprint density at radius 1 is 0.958 bits per heavy atom. The van der Waals surface area contributed by atoms with Crippen LogP contribution in [0.4, 0.5) is 0 Å². The average Bonchev–Trinajstić information content (AvgIpc) is 2.67. The van der Waals surface area contributed by atoms with Crippen LogP contribution in [0.5, 0.6) is 5.75 Å². The van der Waals surface area contributed by atoms with Crippen LogP contribution in [-0.2, 0) is 5.41 Å². The first-order valence-electron chi connectivity index (χ1n) is 9.69. The fourth-order valence-electron chi connectivity index (χ4n) is 4.15. The lowest BCUT2D eigenvalue weighted by Crippen LogP contribution is -2.31. The molecular weight excluding hydrogens is 296 g/mol. The monoisotopic (exact) mass is 326 g/mol. The van der Waals surface area contributed by atoms with Crippen LogP contribution < -0.4 is 4.74 Å². The molecule has 1 saturated carbocycles. The van der Waals surface area contributed by atoms with E-state index in [1.54, 1.807) is 0 Å². The van der Waals surface area contributed by atoms with Crippen molar-refractivity contribution in [2.24, 2.45) is 0 Å². The predicted molar refractivity (Wildman–Crippen MR) is 97.2 cm³/mol. The Labute approximate surface area is 146 Å². The molecule has 2 aliphatic rings. The van der Waals surface area contributed by atoms with Crippen LogP contribution >= 0.6 is 0 Å². The first kappa shape index (κ1) is 17.3. The van der Waals surface area contributed by atoms with Crippen molar-refractivity contribution < 1.29 is 4.74 Å². The lowest BCUT2D eigenvalue weighted by Gasteiger charge is -2.31. The lowest BCUT2D eigenvalue weighted by atomic mass is 9.70. The number of piperidine rings is 1. The van der Waals surface area contributed by atoms with Gasteiger partial charge in [0, 0.05) is 6.54 Å². The number of hydrogen-bond acceptors (Lipinski definition) is 3. The van der Waals surface area contributed by atoms with Gasteiger partial charge in [-0.2, -0.15) is 5.26 Å². The van der Waals surface area contributed by atoms with Crippen LogP contribution in [0.2, 0.25) is 0 Å². The Kier molecular flexibility index (Phi) is 6.15. The van der Waals surface area contributed by atoms with Gasteiger partial charge in [-0.25, -0.2) is 0 Å². The van der Waals surface area contributed by atoms with Crippen molar-refractivity contribution in [3.8, 4) is 11.8 Å². The molecule has 3 rings (SSSR count). The number of nitriles is 1. The van der Waals surface area contributed by atoms with Crippen LogP contribution in [0.15, 0.2) is 24.3 Å². The standard InChI is InChI=1S/C21H30N2O/c22-18-21(12-3-1-4-13-21)19-8-10-20(11-9-19)24-17-7-16-23-14-5-2-6-15-23/h8-11H,1-7,12-17H2. The zero-order chi connectivity index (χ0) is 16.7. The molecule has 0 bridgehead atoms. The highest BCUT2D eigenvalue weighted by molar-refractivity contribution is 5.37. The van der Waals surface area contributed by atoms with Crippen molar-refractivity contribution in [1.82, 2.24) is 4.90 Å². The zero-order valence-electron chi connectivity index (χ0n) is 14.8. The summed E-state index contributed by atoms with van der Waals surface area (Å²) >= 11 is 0. The van der Waals surface area contributed by atoms with Crippen molar-refractivity contribution in [3.05, 3.63) is 29.8 Å². The number of ether oxygens (including phenoxy) is 1. The van der Waals surface area contributed by atoms with Gasteiger partial charge in [0.05, 0.1) is 18.1 Å². The van der Waals surface area contributed by atoms with Gasteiger partial charge in [0.15, 0.2) is 0 Å². The Balaban J connectivity index is 1.46. The van der Waals surface area contributed by atoms with E-state index in [9.17, 15) is 5.26 Å². The Hall–Kier alpha value is -1.53. The van der Waals surface area contributed by atoms with Crippen LogP contribution in [0.3, 0.4) is 0 Å². The van der Waals surface area contributed by atoms with E-state index in [2.05, 4.69) is 23.1 Å². The molecule has 0 spiro atoms. The molecule has 3 nitrogen and oxygen atoms in total. The zero-order valence-corrected chi connectivity index (χ0v) is 14.8. The van der Waals surface area contributed by atoms with Crippen molar-refractivity contribution in [2.45, 2.75) is 63.2 Å². The Bertz CT molecular complexity index is 534. The molecule has 2 fully saturated rings. The second-order valence-electron chi connectivity index (χ2n) is 7.38. The molecule has 24 heavy (non-hydrogen) atoms. The molecule has 0 aromatic heterocycles. The van der Waals surface area contributed by atoms with Gasteiger partial charge in [0.1, 0.15) is 5.75 Å². The topological polar surface area (TPSA) is 36.3 Å². The highest BCUT2D eigenvalue weighted by Gasteiger charge is 2.33. The normalized spacial score (nSPS) is 21.1. The van der Waals surface area contributed by atoms with E-state index in [-0.39, 0.29) is 5.41 Å². The molecule has 0 unspecified atom stereocenters. The second kappa shape index (κ2) is 8.53. The van der Waals surface area contributed by atoms with Crippen molar-refractivity contribution >= 4 is 0 Å². The largest absolute Gasteiger partial charge is 0.494 e. The highest BCUT2D eigenvalue weighted by Crippen LogP contribution is 2.39. The van der Waals surface area contributed by atoms with E-state index >= 15 is 0 Å². The first-order chi connectivity index (χ1) is 11.8. The van der Waals surface area contributed by atoms with Gasteiger partial charge in [-0.1, -0.05) is 37.8 Å². The molecule has 0 atom stereocenters. The maximum absolute atomic E-state index is 9.68. The summed E-state index contributed by atoms with van der Waals surface area (Å²) in [4.78, 5) is 2.55. The molecule has 1 saturated heterocycles. The fourth-order valence-corrected chi connectivity index (χ4v) is 4.15. The molecule has 3 heteroatoms. The Morgan fingerprint density at radius 3 is 2.29 bits per heavy atom. The third kappa shape index (κ3) is 4.30. The number of benzene rings is 1. The number of rotatable bonds is 6. The summed E-state index contributed by atoms with van der Waals surface area (Å²) in [5.74, 6) is 0.932. The van der Waals surface area contributed by atoms with Gasteiger partial charge in [0.25, 0.3) is 0 Å². The summed E-state index contributed by atoms with van der Waals surface area (Å²) < 4.78 is 5.90. The molecule has 1 heterocycles. The van der Waals surface area contributed by atoms with E-state index in [4.69, 9.17) is 4.74 Å². The van der Waals surface area contributed by atoms with E-state index in [1.807, 2.05) is 12.1 Å². The number of likely N-dealkylation sites (tertiary alicyclic amines) is 1. The van der Waals surface area contributed by atoms with E-state index in [0.29, 0.717) is 0 Å². The molecule has 0 amide bonds. The quantitative estimate of drug-likeness (QED) is 0.713. The van der Waals surface area contributed by atoms with Gasteiger partial charge in [-0.3, -0.25) is 0 Å². The maximum Gasteiger partial charge on any atom is 0.119 e. The SMILES string of the molecule is N#CC1(c2ccc(OCCCN3CCCCC3)cc2)CCCCC1. The summed E-state index contributed by atoms with van der Waals surface area (Å²) in [6.07, 6.45) is 10.8. The van der Waals surface area contributed by atoms with Gasteiger partial charge in [-0.15, -0.1) is 0 Å². The van der Waals surface area contributed by atoms with E-state index in [1.165, 1.54) is 57.2 Å². The molecular formula is C21H30N2O. The van der Waals surface area contributed by atoms with E-state index in [0.717, 1.165) is 38.2 Å². The first-order valence-corrected chi connectivity index (χ1v) is 9.69. The summed E-state index contributed by atoms with van der Waals surface area (Å²) in [6, 6.07) is 10.9. The van der Waals surface area contributed by atoms with Gasteiger partial charge >= 0.3 is 0 Å². The van der Waals surface area contributed by atoms with Crippen LogP contribution in [0, 0.1) is 11.3 Å². The van der Waals surface area contributed by atoms with Crippen LogP contribution in [-0.4, -0.2) is 31.1 Å². The molecule has 1 aromatic rings. The molecule has 130 valence electrons.